The Morgan fingerprint density at radius 1 is 1.14 bits per heavy atom. The second-order valence-corrected chi connectivity index (χ2v) is 10.6. The lowest BCUT2D eigenvalue weighted by Gasteiger charge is -2.25. The Hall–Kier alpha value is -4.88. The number of carbonyl (C=O) groups excluding carboxylic acids is 2. The van der Waals surface area contributed by atoms with Crippen molar-refractivity contribution in [1.82, 2.24) is 9.47 Å². The van der Waals surface area contributed by atoms with Gasteiger partial charge in [0.1, 0.15) is 11.3 Å². The van der Waals surface area contributed by atoms with Crippen molar-refractivity contribution in [3.05, 3.63) is 69.3 Å². The molecule has 4 heterocycles. The number of pyridine rings is 1. The molecule has 42 heavy (non-hydrogen) atoms. The van der Waals surface area contributed by atoms with E-state index in [9.17, 15) is 33.1 Å². The molecule has 14 heteroatoms. The Labute approximate surface area is 234 Å². The Morgan fingerprint density at radius 3 is 2.60 bits per heavy atom. The average Bonchev–Trinajstić information content (AvgIpc) is 3.46. The molecule has 2 fully saturated rings. The molecule has 1 saturated carbocycles. The third kappa shape index (κ3) is 3.92. The van der Waals surface area contributed by atoms with Crippen molar-refractivity contribution in [2.24, 2.45) is 11.1 Å². The van der Waals surface area contributed by atoms with E-state index in [0.717, 1.165) is 17.2 Å². The number of carboxylic acids is 1. The van der Waals surface area contributed by atoms with Crippen LogP contribution in [0.5, 0.6) is 5.75 Å². The van der Waals surface area contributed by atoms with E-state index in [4.69, 9.17) is 9.57 Å². The SMILES string of the molecule is O=C(O)c1cn(C2CC2)c2c(OC(F)F)c(N3CC4ON=C(C(=O)N5Cc6ccccc6C5=O)C4C3)c(F)cc2c1=O. The molecule has 1 N–H and O–H groups in total. The molecule has 0 spiro atoms. The number of benzene rings is 2. The van der Waals surface area contributed by atoms with Crippen molar-refractivity contribution < 1.29 is 42.2 Å². The number of rotatable bonds is 6. The summed E-state index contributed by atoms with van der Waals surface area (Å²) >= 11 is 0. The number of ether oxygens (including phenoxy) is 1. The number of oxime groups is 1. The summed E-state index contributed by atoms with van der Waals surface area (Å²) in [6.07, 6.45) is 1.51. The van der Waals surface area contributed by atoms with Crippen LogP contribution in [0.1, 0.15) is 45.2 Å². The predicted molar refractivity (Wildman–Crippen MR) is 139 cm³/mol. The largest absolute Gasteiger partial charge is 0.477 e. The number of amides is 2. The van der Waals surface area contributed by atoms with Gasteiger partial charge in [-0.25, -0.2) is 9.18 Å². The van der Waals surface area contributed by atoms with Gasteiger partial charge >= 0.3 is 12.6 Å². The van der Waals surface area contributed by atoms with Gasteiger partial charge in [0.15, 0.2) is 23.4 Å². The molecule has 2 amide bonds. The van der Waals surface area contributed by atoms with E-state index in [1.54, 1.807) is 24.3 Å². The maximum atomic E-state index is 15.8. The quantitative estimate of drug-likeness (QED) is 0.439. The fraction of sp³-hybridized carbons (Fsp3) is 0.321. The lowest BCUT2D eigenvalue weighted by Crippen LogP contribution is -2.40. The maximum Gasteiger partial charge on any atom is 0.387 e. The summed E-state index contributed by atoms with van der Waals surface area (Å²) in [7, 11) is 0. The molecule has 2 atom stereocenters. The fourth-order valence-corrected chi connectivity index (χ4v) is 6.00. The van der Waals surface area contributed by atoms with E-state index in [2.05, 4.69) is 5.16 Å². The minimum absolute atomic E-state index is 0.0522. The smallest absolute Gasteiger partial charge is 0.387 e. The second kappa shape index (κ2) is 9.33. The monoisotopic (exact) mass is 582 g/mol. The second-order valence-electron chi connectivity index (χ2n) is 10.6. The van der Waals surface area contributed by atoms with Crippen LogP contribution in [0, 0.1) is 11.7 Å². The molecule has 7 rings (SSSR count). The molecular formula is C28H21F3N4O7. The summed E-state index contributed by atoms with van der Waals surface area (Å²) in [6, 6.07) is 7.33. The number of anilines is 1. The third-order valence-corrected chi connectivity index (χ3v) is 8.08. The van der Waals surface area contributed by atoms with Gasteiger partial charge in [-0.3, -0.25) is 19.3 Å². The van der Waals surface area contributed by atoms with Gasteiger partial charge in [-0.15, -0.1) is 0 Å². The molecule has 11 nitrogen and oxygen atoms in total. The first-order valence-corrected chi connectivity index (χ1v) is 13.2. The number of hydrogen-bond acceptors (Lipinski definition) is 8. The van der Waals surface area contributed by atoms with Crippen LogP contribution < -0.4 is 15.1 Å². The number of aromatic carboxylic acids is 1. The van der Waals surface area contributed by atoms with Crippen LogP contribution in [0.15, 0.2) is 46.5 Å². The zero-order valence-corrected chi connectivity index (χ0v) is 21.6. The van der Waals surface area contributed by atoms with Gasteiger partial charge in [0.25, 0.3) is 11.8 Å². The molecular weight excluding hydrogens is 561 g/mol. The number of nitrogens with zero attached hydrogens (tertiary/aromatic N) is 4. The fourth-order valence-electron chi connectivity index (χ4n) is 6.00. The normalized spacial score (nSPS) is 21.0. The minimum atomic E-state index is -3.39. The van der Waals surface area contributed by atoms with Gasteiger partial charge < -0.3 is 24.1 Å². The van der Waals surface area contributed by atoms with Crippen LogP contribution in [-0.2, 0) is 16.2 Å². The number of halogens is 3. The minimum Gasteiger partial charge on any atom is -0.477 e. The van der Waals surface area contributed by atoms with Crippen LogP contribution >= 0.6 is 0 Å². The van der Waals surface area contributed by atoms with Crippen molar-refractivity contribution in [3.8, 4) is 5.75 Å². The molecule has 1 aliphatic carbocycles. The molecule has 0 bridgehead atoms. The molecule has 0 radical (unpaired) electrons. The highest BCUT2D eigenvalue weighted by Gasteiger charge is 2.49. The van der Waals surface area contributed by atoms with Crippen molar-refractivity contribution in [1.29, 1.82) is 0 Å². The summed E-state index contributed by atoms with van der Waals surface area (Å²) in [6.45, 7) is -3.50. The zero-order valence-electron chi connectivity index (χ0n) is 21.6. The van der Waals surface area contributed by atoms with Gasteiger partial charge in [0.2, 0.25) is 5.43 Å². The van der Waals surface area contributed by atoms with Crippen molar-refractivity contribution in [2.45, 2.75) is 38.1 Å². The number of alkyl halides is 2. The van der Waals surface area contributed by atoms with Crippen LogP contribution in [0.4, 0.5) is 18.9 Å². The number of carboxylic acid groups (broad SMARTS) is 1. The van der Waals surface area contributed by atoms with E-state index in [1.165, 1.54) is 9.47 Å². The molecule has 1 aromatic heterocycles. The van der Waals surface area contributed by atoms with Crippen LogP contribution in [0.3, 0.4) is 0 Å². The molecule has 1 saturated heterocycles. The summed E-state index contributed by atoms with van der Waals surface area (Å²) < 4.78 is 49.5. The first-order chi connectivity index (χ1) is 20.1. The van der Waals surface area contributed by atoms with E-state index in [1.807, 2.05) is 0 Å². The Balaban J connectivity index is 1.27. The van der Waals surface area contributed by atoms with Gasteiger partial charge in [0.05, 0.1) is 29.9 Å². The highest BCUT2D eigenvalue weighted by atomic mass is 19.3. The zero-order chi connectivity index (χ0) is 29.4. The van der Waals surface area contributed by atoms with Gasteiger partial charge in [-0.1, -0.05) is 23.4 Å². The predicted octanol–water partition coefficient (Wildman–Crippen LogP) is 3.15. The molecule has 2 unspecified atom stereocenters. The topological polar surface area (TPSA) is 131 Å². The average molecular weight is 582 g/mol. The van der Waals surface area contributed by atoms with Crippen molar-refractivity contribution in [3.63, 3.8) is 0 Å². The number of aromatic nitrogens is 1. The van der Waals surface area contributed by atoms with E-state index < -0.39 is 64.4 Å². The summed E-state index contributed by atoms with van der Waals surface area (Å²) in [5.41, 5.74) is -1.15. The van der Waals surface area contributed by atoms with Gasteiger partial charge in [-0.2, -0.15) is 8.78 Å². The summed E-state index contributed by atoms with van der Waals surface area (Å²) in [5.74, 6) is -5.10. The van der Waals surface area contributed by atoms with E-state index in [0.29, 0.717) is 24.0 Å². The number of imide groups is 1. The number of hydrogen-bond donors (Lipinski definition) is 1. The number of carbonyl (C=O) groups is 3. The lowest BCUT2D eigenvalue weighted by molar-refractivity contribution is -0.122. The standard InChI is InChI=1S/C28H21F3N4O7/c29-18-7-15-21(34(13-5-6-13)10-17(23(15)36)27(39)40)24(41-28(30)31)22(18)33-9-16-19(11-33)42-32-20(16)26(38)35-8-12-3-1-2-4-14(12)25(35)37/h1-4,7,10,13,16,19,28H,5-6,8-9,11H2,(H,39,40). The summed E-state index contributed by atoms with van der Waals surface area (Å²) in [4.78, 5) is 58.9. The van der Waals surface area contributed by atoms with Gasteiger partial charge in [-0.05, 0) is 30.5 Å². The first kappa shape index (κ1) is 26.0. The molecule has 4 aliphatic rings. The Kier molecular flexibility index (Phi) is 5.78. The van der Waals surface area contributed by atoms with Crippen molar-refractivity contribution in [2.75, 3.05) is 18.0 Å². The van der Waals surface area contributed by atoms with E-state index >= 15 is 4.39 Å². The first-order valence-electron chi connectivity index (χ1n) is 13.2. The molecule has 216 valence electrons. The van der Waals surface area contributed by atoms with E-state index in [-0.39, 0.29) is 42.6 Å². The van der Waals surface area contributed by atoms with Crippen LogP contribution in [0.2, 0.25) is 0 Å². The van der Waals surface area contributed by atoms with Crippen LogP contribution in [-0.4, -0.2) is 63.9 Å². The third-order valence-electron chi connectivity index (χ3n) is 8.08. The molecule has 2 aromatic carbocycles. The maximum absolute atomic E-state index is 15.8. The molecule has 3 aromatic rings. The Morgan fingerprint density at radius 2 is 1.90 bits per heavy atom. The number of fused-ring (bicyclic) bond motifs is 3. The Bertz CT molecular complexity index is 1800. The highest BCUT2D eigenvalue weighted by Crippen LogP contribution is 2.46. The van der Waals surface area contributed by atoms with Crippen molar-refractivity contribution >= 4 is 40.1 Å². The van der Waals surface area contributed by atoms with Gasteiger partial charge in [0, 0.05) is 24.3 Å². The lowest BCUT2D eigenvalue weighted by atomic mass is 10.00. The molecule has 3 aliphatic heterocycles. The van der Waals surface area contributed by atoms with Crippen LogP contribution in [0.25, 0.3) is 10.9 Å². The summed E-state index contributed by atoms with van der Waals surface area (Å²) in [5, 5.41) is 13.0. The highest BCUT2D eigenvalue weighted by molar-refractivity contribution is 6.43.